The summed E-state index contributed by atoms with van der Waals surface area (Å²) in [5.74, 6) is -2.55. The number of fused-ring (bicyclic) bond motifs is 1. The van der Waals surface area contributed by atoms with Crippen molar-refractivity contribution < 1.29 is 24.0 Å². The van der Waals surface area contributed by atoms with Crippen LogP contribution in [0, 0.1) is 10.1 Å². The molecule has 3 rings (SSSR count). The van der Waals surface area contributed by atoms with Gasteiger partial charge in [0, 0.05) is 22.6 Å². The van der Waals surface area contributed by atoms with Crippen LogP contribution in [0.3, 0.4) is 0 Å². The SMILES string of the molecule is CCOC(=O)c1c(NC(=O)C(=O)N/N=C\c2cccc([N+](=O)[O-])c2)sc2c1CCCC2. The summed E-state index contributed by atoms with van der Waals surface area (Å²) in [4.78, 5) is 48.1. The maximum absolute atomic E-state index is 12.4. The van der Waals surface area contributed by atoms with Crippen molar-refractivity contribution in [2.24, 2.45) is 5.10 Å². The highest BCUT2D eigenvalue weighted by atomic mass is 32.1. The fourth-order valence-corrected chi connectivity index (χ4v) is 4.44. The monoisotopic (exact) mass is 444 g/mol. The average Bonchev–Trinajstić information content (AvgIpc) is 3.11. The fraction of sp³-hybridized carbons (Fsp3) is 0.300. The lowest BCUT2D eigenvalue weighted by Gasteiger charge is -2.12. The summed E-state index contributed by atoms with van der Waals surface area (Å²) < 4.78 is 5.12. The van der Waals surface area contributed by atoms with Crippen LogP contribution in [0.1, 0.15) is 46.1 Å². The zero-order valence-corrected chi connectivity index (χ0v) is 17.5. The van der Waals surface area contributed by atoms with Gasteiger partial charge in [-0.2, -0.15) is 5.10 Å². The average molecular weight is 444 g/mol. The molecule has 1 aliphatic rings. The molecule has 0 atom stereocenters. The molecule has 0 radical (unpaired) electrons. The predicted octanol–water partition coefficient (Wildman–Crippen LogP) is 2.80. The molecule has 0 fully saturated rings. The van der Waals surface area contributed by atoms with Gasteiger partial charge in [-0.25, -0.2) is 10.2 Å². The van der Waals surface area contributed by atoms with Crippen LogP contribution in [0.4, 0.5) is 10.7 Å². The molecular weight excluding hydrogens is 424 g/mol. The number of non-ortho nitro benzene ring substituents is 1. The summed E-state index contributed by atoms with van der Waals surface area (Å²) >= 11 is 1.27. The van der Waals surface area contributed by atoms with E-state index >= 15 is 0 Å². The number of nitrogens with one attached hydrogen (secondary N) is 2. The number of amides is 2. The highest BCUT2D eigenvalue weighted by Gasteiger charge is 2.28. The quantitative estimate of drug-likeness (QED) is 0.231. The van der Waals surface area contributed by atoms with E-state index in [1.165, 1.54) is 35.8 Å². The molecule has 0 saturated carbocycles. The van der Waals surface area contributed by atoms with Gasteiger partial charge in [0.25, 0.3) is 5.69 Å². The molecule has 1 aromatic heterocycles. The van der Waals surface area contributed by atoms with Crippen LogP contribution in [-0.4, -0.2) is 35.5 Å². The third-order valence-corrected chi connectivity index (χ3v) is 5.75. The summed E-state index contributed by atoms with van der Waals surface area (Å²) in [7, 11) is 0. The van der Waals surface area contributed by atoms with Crippen molar-refractivity contribution in [3.8, 4) is 0 Å². The number of nitro groups is 1. The van der Waals surface area contributed by atoms with Gasteiger partial charge >= 0.3 is 17.8 Å². The highest BCUT2D eigenvalue weighted by molar-refractivity contribution is 7.17. The van der Waals surface area contributed by atoms with Crippen molar-refractivity contribution in [3.05, 3.63) is 55.9 Å². The van der Waals surface area contributed by atoms with Gasteiger partial charge in [-0.15, -0.1) is 11.3 Å². The summed E-state index contributed by atoms with van der Waals surface area (Å²) in [6, 6.07) is 5.64. The second-order valence-electron chi connectivity index (χ2n) is 6.64. The predicted molar refractivity (Wildman–Crippen MR) is 114 cm³/mol. The van der Waals surface area contributed by atoms with E-state index in [2.05, 4.69) is 15.8 Å². The van der Waals surface area contributed by atoms with Crippen molar-refractivity contribution in [1.82, 2.24) is 5.43 Å². The van der Waals surface area contributed by atoms with Gasteiger partial charge in [0.2, 0.25) is 0 Å². The Morgan fingerprint density at radius 3 is 2.77 bits per heavy atom. The second-order valence-corrected chi connectivity index (χ2v) is 7.75. The van der Waals surface area contributed by atoms with Crippen molar-refractivity contribution in [3.63, 3.8) is 0 Å². The van der Waals surface area contributed by atoms with Gasteiger partial charge in [0.15, 0.2) is 0 Å². The number of anilines is 1. The van der Waals surface area contributed by atoms with Gasteiger partial charge in [0.1, 0.15) is 5.00 Å². The molecule has 1 heterocycles. The topological polar surface area (TPSA) is 140 Å². The van der Waals surface area contributed by atoms with Crippen LogP contribution in [0.25, 0.3) is 0 Å². The molecule has 0 spiro atoms. The molecule has 0 saturated heterocycles. The number of nitrogens with zero attached hydrogens (tertiary/aromatic N) is 2. The van der Waals surface area contributed by atoms with Crippen LogP contribution in [0.15, 0.2) is 29.4 Å². The molecule has 0 unspecified atom stereocenters. The number of hydrogen-bond donors (Lipinski definition) is 2. The minimum absolute atomic E-state index is 0.124. The van der Waals surface area contributed by atoms with E-state index in [0.29, 0.717) is 11.1 Å². The number of hydrogen-bond acceptors (Lipinski definition) is 8. The first-order valence-electron chi connectivity index (χ1n) is 9.61. The van der Waals surface area contributed by atoms with E-state index in [1.54, 1.807) is 13.0 Å². The zero-order chi connectivity index (χ0) is 22.4. The summed E-state index contributed by atoms with van der Waals surface area (Å²) in [5.41, 5.74) is 3.51. The number of ether oxygens (including phenoxy) is 1. The maximum atomic E-state index is 12.4. The van der Waals surface area contributed by atoms with Gasteiger partial charge in [0.05, 0.1) is 23.3 Å². The van der Waals surface area contributed by atoms with Crippen molar-refractivity contribution in [2.75, 3.05) is 11.9 Å². The van der Waals surface area contributed by atoms with Gasteiger partial charge in [-0.05, 0) is 38.2 Å². The number of esters is 1. The minimum atomic E-state index is -1.04. The molecule has 0 aliphatic heterocycles. The molecule has 11 heteroatoms. The van der Waals surface area contributed by atoms with Crippen LogP contribution < -0.4 is 10.7 Å². The lowest BCUT2D eigenvalue weighted by Crippen LogP contribution is -2.32. The van der Waals surface area contributed by atoms with Crippen LogP contribution in [-0.2, 0) is 27.2 Å². The minimum Gasteiger partial charge on any atom is -0.462 e. The van der Waals surface area contributed by atoms with E-state index in [9.17, 15) is 24.5 Å². The largest absolute Gasteiger partial charge is 0.462 e. The van der Waals surface area contributed by atoms with Crippen LogP contribution in [0.5, 0.6) is 0 Å². The third-order valence-electron chi connectivity index (χ3n) is 4.54. The van der Waals surface area contributed by atoms with Gasteiger partial charge < -0.3 is 10.1 Å². The summed E-state index contributed by atoms with van der Waals surface area (Å²) in [6.45, 7) is 1.89. The molecule has 2 amide bonds. The molecule has 2 aromatic rings. The number of aryl methyl sites for hydroxylation is 1. The van der Waals surface area contributed by atoms with E-state index < -0.39 is 22.7 Å². The summed E-state index contributed by atoms with van der Waals surface area (Å²) in [5, 5.41) is 17.2. The van der Waals surface area contributed by atoms with Crippen molar-refractivity contribution in [1.29, 1.82) is 0 Å². The lowest BCUT2D eigenvalue weighted by atomic mass is 9.95. The first-order chi connectivity index (χ1) is 14.9. The summed E-state index contributed by atoms with van der Waals surface area (Å²) in [6.07, 6.45) is 4.65. The number of hydrazone groups is 1. The molecule has 1 aliphatic carbocycles. The van der Waals surface area contributed by atoms with Crippen molar-refractivity contribution in [2.45, 2.75) is 32.6 Å². The Morgan fingerprint density at radius 2 is 2.03 bits per heavy atom. The molecule has 162 valence electrons. The maximum Gasteiger partial charge on any atom is 0.341 e. The Balaban J connectivity index is 1.69. The Kier molecular flexibility index (Phi) is 7.08. The van der Waals surface area contributed by atoms with Crippen molar-refractivity contribution >= 4 is 46.0 Å². The number of benzene rings is 1. The van der Waals surface area contributed by atoms with Gasteiger partial charge in [-0.3, -0.25) is 19.7 Å². The van der Waals surface area contributed by atoms with E-state index in [-0.39, 0.29) is 17.3 Å². The van der Waals surface area contributed by atoms with E-state index in [4.69, 9.17) is 4.74 Å². The normalized spacial score (nSPS) is 12.8. The van der Waals surface area contributed by atoms with Crippen LogP contribution >= 0.6 is 11.3 Å². The third kappa shape index (κ3) is 5.31. The van der Waals surface area contributed by atoms with E-state index in [0.717, 1.165) is 36.1 Å². The molecule has 2 N–H and O–H groups in total. The zero-order valence-electron chi connectivity index (χ0n) is 16.7. The number of thiophene rings is 1. The Labute approximate surface area is 181 Å². The van der Waals surface area contributed by atoms with E-state index in [1.807, 2.05) is 0 Å². The molecule has 10 nitrogen and oxygen atoms in total. The number of nitro benzene ring substituents is 1. The second kappa shape index (κ2) is 9.94. The number of rotatable bonds is 6. The standard InChI is InChI=1S/C20H20N4O6S/c1-2-30-20(27)16-14-8-3-4-9-15(14)31-19(16)22-17(25)18(26)23-21-11-12-6-5-7-13(10-12)24(28)29/h5-7,10-11H,2-4,8-9H2,1H3,(H,22,25)(H,23,26)/b21-11-. The number of carbonyl (C=O) groups excluding carboxylic acids is 3. The fourth-order valence-electron chi connectivity index (χ4n) is 3.17. The van der Waals surface area contributed by atoms with Crippen LogP contribution in [0.2, 0.25) is 0 Å². The Bertz CT molecular complexity index is 1060. The first kappa shape index (κ1) is 22.1. The Hall–Kier alpha value is -3.60. The molecular formula is C20H20N4O6S. The number of carbonyl (C=O) groups is 3. The lowest BCUT2D eigenvalue weighted by molar-refractivity contribution is -0.384. The Morgan fingerprint density at radius 1 is 1.26 bits per heavy atom. The molecule has 31 heavy (non-hydrogen) atoms. The smallest absolute Gasteiger partial charge is 0.341 e. The highest BCUT2D eigenvalue weighted by Crippen LogP contribution is 2.38. The first-order valence-corrected chi connectivity index (χ1v) is 10.4. The molecule has 0 bridgehead atoms. The van der Waals surface area contributed by atoms with Gasteiger partial charge in [-0.1, -0.05) is 12.1 Å². The molecule has 1 aromatic carbocycles.